The second-order valence-corrected chi connectivity index (χ2v) is 6.73. The molecule has 1 aliphatic rings. The molecule has 0 unspecified atom stereocenters. The van der Waals surface area contributed by atoms with Gasteiger partial charge in [0.1, 0.15) is 5.82 Å². The Labute approximate surface area is 146 Å². The molecule has 1 aromatic carbocycles. The van der Waals surface area contributed by atoms with E-state index in [1.54, 1.807) is 0 Å². The molecule has 7 heteroatoms. The standard InChI is InChI=1S/C17H22ClN5O/c1-11-8-14(15(18)9-12(11)2)17(24)23-6-4-22(5-7-23)10-16-19-13(3)20-21-16/h8-9H,4-7,10H2,1-3H3,(H,19,20,21). The average molecular weight is 348 g/mol. The maximum absolute atomic E-state index is 12.7. The van der Waals surface area contributed by atoms with E-state index < -0.39 is 0 Å². The predicted molar refractivity (Wildman–Crippen MR) is 93.2 cm³/mol. The maximum atomic E-state index is 12.7. The number of hydrogen-bond donors (Lipinski definition) is 1. The number of halogens is 1. The Morgan fingerprint density at radius 3 is 2.46 bits per heavy atom. The molecule has 2 aromatic rings. The minimum absolute atomic E-state index is 0.0106. The first kappa shape index (κ1) is 16.9. The molecular weight excluding hydrogens is 326 g/mol. The van der Waals surface area contributed by atoms with Crippen LogP contribution in [0.2, 0.25) is 5.02 Å². The molecule has 1 aliphatic heterocycles. The van der Waals surface area contributed by atoms with Crippen molar-refractivity contribution >= 4 is 17.5 Å². The highest BCUT2D eigenvalue weighted by Gasteiger charge is 2.24. The van der Waals surface area contributed by atoms with Gasteiger partial charge < -0.3 is 4.90 Å². The molecule has 128 valence electrons. The molecule has 24 heavy (non-hydrogen) atoms. The number of nitrogens with one attached hydrogen (secondary N) is 1. The molecule has 1 aromatic heterocycles. The minimum atomic E-state index is 0.0106. The second kappa shape index (κ2) is 6.91. The summed E-state index contributed by atoms with van der Waals surface area (Å²) in [6, 6.07) is 3.76. The SMILES string of the molecule is Cc1nc(CN2CCN(C(=O)c3cc(C)c(C)cc3Cl)CC2)n[nH]1. The van der Waals surface area contributed by atoms with E-state index >= 15 is 0 Å². The largest absolute Gasteiger partial charge is 0.336 e. The molecule has 0 radical (unpaired) electrons. The molecule has 1 fully saturated rings. The number of aromatic nitrogens is 3. The van der Waals surface area contributed by atoms with Crippen LogP contribution in [0.15, 0.2) is 12.1 Å². The van der Waals surface area contributed by atoms with E-state index in [9.17, 15) is 4.79 Å². The van der Waals surface area contributed by atoms with Gasteiger partial charge in [-0.05, 0) is 44.0 Å². The fraction of sp³-hybridized carbons (Fsp3) is 0.471. The maximum Gasteiger partial charge on any atom is 0.255 e. The van der Waals surface area contributed by atoms with Gasteiger partial charge in [0.25, 0.3) is 5.91 Å². The van der Waals surface area contributed by atoms with Crippen LogP contribution in [0.5, 0.6) is 0 Å². The van der Waals surface area contributed by atoms with Gasteiger partial charge >= 0.3 is 0 Å². The molecule has 1 N–H and O–H groups in total. The quantitative estimate of drug-likeness (QED) is 0.925. The van der Waals surface area contributed by atoms with Crippen LogP contribution >= 0.6 is 11.6 Å². The van der Waals surface area contributed by atoms with Crippen molar-refractivity contribution in [3.8, 4) is 0 Å². The smallest absolute Gasteiger partial charge is 0.255 e. The van der Waals surface area contributed by atoms with Crippen molar-refractivity contribution in [2.24, 2.45) is 0 Å². The fourth-order valence-corrected chi connectivity index (χ4v) is 3.18. The van der Waals surface area contributed by atoms with Crippen LogP contribution in [0, 0.1) is 20.8 Å². The number of H-pyrrole nitrogens is 1. The molecule has 0 aliphatic carbocycles. The van der Waals surface area contributed by atoms with Gasteiger partial charge in [-0.1, -0.05) is 11.6 Å². The van der Waals surface area contributed by atoms with Gasteiger partial charge in [0.15, 0.2) is 5.82 Å². The van der Waals surface area contributed by atoms with E-state index in [0.29, 0.717) is 30.2 Å². The van der Waals surface area contributed by atoms with Crippen molar-refractivity contribution in [3.63, 3.8) is 0 Å². The van der Waals surface area contributed by atoms with E-state index in [-0.39, 0.29) is 5.91 Å². The Kier molecular flexibility index (Phi) is 4.87. The summed E-state index contributed by atoms with van der Waals surface area (Å²) in [7, 11) is 0. The molecule has 0 saturated carbocycles. The third-order valence-electron chi connectivity index (χ3n) is 4.48. The Morgan fingerprint density at radius 1 is 1.17 bits per heavy atom. The van der Waals surface area contributed by atoms with Gasteiger partial charge in [-0.25, -0.2) is 4.98 Å². The Bertz CT molecular complexity index is 749. The highest BCUT2D eigenvalue weighted by atomic mass is 35.5. The van der Waals surface area contributed by atoms with Crippen molar-refractivity contribution in [2.45, 2.75) is 27.3 Å². The normalized spacial score (nSPS) is 15.8. The number of aromatic amines is 1. The first-order valence-corrected chi connectivity index (χ1v) is 8.48. The third kappa shape index (κ3) is 3.60. The molecule has 1 saturated heterocycles. The van der Waals surface area contributed by atoms with Crippen LogP contribution in [-0.2, 0) is 6.54 Å². The van der Waals surface area contributed by atoms with E-state index in [1.165, 1.54) is 0 Å². The number of piperazine rings is 1. The highest BCUT2D eigenvalue weighted by Crippen LogP contribution is 2.23. The molecule has 0 atom stereocenters. The molecule has 0 bridgehead atoms. The number of nitrogens with zero attached hydrogens (tertiary/aromatic N) is 4. The summed E-state index contributed by atoms with van der Waals surface area (Å²) in [4.78, 5) is 21.2. The topological polar surface area (TPSA) is 65.1 Å². The highest BCUT2D eigenvalue weighted by molar-refractivity contribution is 6.34. The number of rotatable bonds is 3. The lowest BCUT2D eigenvalue weighted by molar-refractivity contribution is 0.0625. The van der Waals surface area contributed by atoms with Gasteiger partial charge in [-0.3, -0.25) is 14.8 Å². The zero-order valence-electron chi connectivity index (χ0n) is 14.3. The summed E-state index contributed by atoms with van der Waals surface area (Å²) in [6.07, 6.45) is 0. The van der Waals surface area contributed by atoms with Crippen LogP contribution in [-0.4, -0.2) is 57.1 Å². The number of aryl methyl sites for hydroxylation is 3. The van der Waals surface area contributed by atoms with Gasteiger partial charge in [0.05, 0.1) is 17.1 Å². The summed E-state index contributed by atoms with van der Waals surface area (Å²) in [6.45, 7) is 9.58. The van der Waals surface area contributed by atoms with Gasteiger partial charge in [0, 0.05) is 26.2 Å². The molecule has 6 nitrogen and oxygen atoms in total. The fourth-order valence-electron chi connectivity index (χ4n) is 2.88. The molecular formula is C17H22ClN5O. The van der Waals surface area contributed by atoms with E-state index in [1.807, 2.05) is 37.8 Å². The zero-order valence-corrected chi connectivity index (χ0v) is 15.0. The summed E-state index contributed by atoms with van der Waals surface area (Å²) in [5.74, 6) is 1.63. The van der Waals surface area contributed by atoms with Gasteiger partial charge in [-0.2, -0.15) is 5.10 Å². The predicted octanol–water partition coefficient (Wildman–Crippen LogP) is 2.34. The lowest BCUT2D eigenvalue weighted by atomic mass is 10.0. The zero-order chi connectivity index (χ0) is 17.3. The first-order valence-electron chi connectivity index (χ1n) is 8.10. The van der Waals surface area contributed by atoms with Crippen molar-refractivity contribution in [1.29, 1.82) is 0 Å². The Morgan fingerprint density at radius 2 is 1.83 bits per heavy atom. The monoisotopic (exact) mass is 347 g/mol. The van der Waals surface area contributed by atoms with E-state index in [4.69, 9.17) is 11.6 Å². The number of carbonyl (C=O) groups is 1. The van der Waals surface area contributed by atoms with Crippen LogP contribution in [0.25, 0.3) is 0 Å². The minimum Gasteiger partial charge on any atom is -0.336 e. The van der Waals surface area contributed by atoms with Gasteiger partial charge in [0.2, 0.25) is 0 Å². The number of amides is 1. The first-order chi connectivity index (χ1) is 11.4. The van der Waals surface area contributed by atoms with E-state index in [0.717, 1.165) is 35.9 Å². The summed E-state index contributed by atoms with van der Waals surface area (Å²) in [5, 5.41) is 7.55. The lowest BCUT2D eigenvalue weighted by Gasteiger charge is -2.34. The van der Waals surface area contributed by atoms with E-state index in [2.05, 4.69) is 20.1 Å². The number of benzene rings is 1. The molecule has 2 heterocycles. The summed E-state index contributed by atoms with van der Waals surface area (Å²) in [5.41, 5.74) is 2.78. The lowest BCUT2D eigenvalue weighted by Crippen LogP contribution is -2.48. The van der Waals surface area contributed by atoms with Crippen molar-refractivity contribution in [3.05, 3.63) is 45.5 Å². The number of hydrogen-bond acceptors (Lipinski definition) is 4. The Balaban J connectivity index is 1.62. The van der Waals surface area contributed by atoms with Crippen LogP contribution < -0.4 is 0 Å². The average Bonchev–Trinajstić information content (AvgIpc) is 2.96. The summed E-state index contributed by atoms with van der Waals surface area (Å²) < 4.78 is 0. The van der Waals surface area contributed by atoms with Crippen LogP contribution in [0.1, 0.15) is 33.1 Å². The molecule has 0 spiro atoms. The summed E-state index contributed by atoms with van der Waals surface area (Å²) >= 11 is 6.28. The molecule has 1 amide bonds. The van der Waals surface area contributed by atoms with Gasteiger partial charge in [-0.15, -0.1) is 0 Å². The third-order valence-corrected chi connectivity index (χ3v) is 4.79. The van der Waals surface area contributed by atoms with Crippen molar-refractivity contribution in [1.82, 2.24) is 25.0 Å². The second-order valence-electron chi connectivity index (χ2n) is 6.32. The van der Waals surface area contributed by atoms with Crippen molar-refractivity contribution in [2.75, 3.05) is 26.2 Å². The molecule has 3 rings (SSSR count). The van der Waals surface area contributed by atoms with Crippen LogP contribution in [0.3, 0.4) is 0 Å². The number of carbonyl (C=O) groups excluding carboxylic acids is 1. The van der Waals surface area contributed by atoms with Crippen LogP contribution in [0.4, 0.5) is 0 Å². The van der Waals surface area contributed by atoms with Crippen molar-refractivity contribution < 1.29 is 4.79 Å². The Hall–Kier alpha value is -1.92.